The van der Waals surface area contributed by atoms with Crippen LogP contribution in [0.25, 0.3) is 0 Å². The second-order valence-electron chi connectivity index (χ2n) is 6.23. The molecule has 0 aliphatic carbocycles. The van der Waals surface area contributed by atoms with Crippen molar-refractivity contribution < 1.29 is 14.0 Å². The predicted molar refractivity (Wildman–Crippen MR) is 114 cm³/mol. The third kappa shape index (κ3) is 6.39. The normalized spacial score (nSPS) is 12.0. The van der Waals surface area contributed by atoms with Crippen molar-refractivity contribution in [2.24, 2.45) is 0 Å². The molecule has 2 N–H and O–H groups in total. The maximum atomic E-state index is 13.3. The van der Waals surface area contributed by atoms with Crippen LogP contribution in [0.4, 0.5) is 4.39 Å². The van der Waals surface area contributed by atoms with Gasteiger partial charge in [0.2, 0.25) is 5.91 Å². The number of carbonyl (C=O) groups excluding carboxylic acids is 2. The molecule has 2 amide bonds. The number of carbonyl (C=O) groups is 2. The molecule has 0 fully saturated rings. The van der Waals surface area contributed by atoms with Crippen molar-refractivity contribution in [2.75, 3.05) is 26.2 Å². The second-order valence-corrected chi connectivity index (χ2v) is 7.86. The zero-order valence-electron chi connectivity index (χ0n) is 16.0. The summed E-state index contributed by atoms with van der Waals surface area (Å²) in [6, 6.07) is 6.12. The molecule has 1 heterocycles. The van der Waals surface area contributed by atoms with Crippen LogP contribution in [0.2, 0.25) is 0 Å². The van der Waals surface area contributed by atoms with Crippen LogP contribution in [0.1, 0.15) is 42.2 Å². The average Bonchev–Trinajstić information content (AvgIpc) is 3.21. The first-order chi connectivity index (χ1) is 13.5. The molecule has 8 heteroatoms. The Morgan fingerprint density at radius 3 is 2.61 bits per heavy atom. The Morgan fingerprint density at radius 2 is 1.96 bits per heavy atom. The number of hydrogen-bond donors (Lipinski definition) is 2. The number of likely N-dealkylation sites (N-methyl/N-ethyl adjacent to an activating group) is 1. The van der Waals surface area contributed by atoms with Gasteiger partial charge in [-0.1, -0.05) is 13.8 Å². The van der Waals surface area contributed by atoms with Gasteiger partial charge >= 0.3 is 0 Å². The molecule has 0 saturated carbocycles. The Balaban J connectivity index is 1.83. The minimum Gasteiger partial charge on any atom is -0.354 e. The molecule has 28 heavy (non-hydrogen) atoms. The fraction of sp³-hybridized carbons (Fsp3) is 0.400. The van der Waals surface area contributed by atoms with Gasteiger partial charge in [-0.25, -0.2) is 4.39 Å². The molecular formula is C20H25BrFN3O2S. The number of nitrogens with zero attached hydrogens (tertiary/aromatic N) is 1. The van der Waals surface area contributed by atoms with Gasteiger partial charge in [0.05, 0.1) is 11.6 Å². The van der Waals surface area contributed by atoms with Crippen molar-refractivity contribution in [1.82, 2.24) is 15.5 Å². The van der Waals surface area contributed by atoms with E-state index in [0.717, 1.165) is 19.2 Å². The smallest absolute Gasteiger partial charge is 0.252 e. The van der Waals surface area contributed by atoms with E-state index in [4.69, 9.17) is 0 Å². The van der Waals surface area contributed by atoms with E-state index in [2.05, 4.69) is 56.8 Å². The quantitative estimate of drug-likeness (QED) is 0.553. The van der Waals surface area contributed by atoms with Crippen molar-refractivity contribution in [2.45, 2.75) is 26.3 Å². The van der Waals surface area contributed by atoms with Crippen LogP contribution in [0.3, 0.4) is 0 Å². The molecule has 1 aromatic heterocycles. The topological polar surface area (TPSA) is 61.4 Å². The Kier molecular flexibility index (Phi) is 9.08. The van der Waals surface area contributed by atoms with Crippen LogP contribution in [0.15, 0.2) is 39.5 Å². The molecule has 5 nitrogen and oxygen atoms in total. The highest BCUT2D eigenvalue weighted by Gasteiger charge is 2.19. The van der Waals surface area contributed by atoms with E-state index in [1.807, 2.05) is 5.38 Å². The predicted octanol–water partition coefficient (Wildman–Crippen LogP) is 3.97. The van der Waals surface area contributed by atoms with E-state index in [9.17, 15) is 14.0 Å². The highest BCUT2D eigenvalue weighted by atomic mass is 79.9. The molecule has 0 radical (unpaired) electrons. The summed E-state index contributed by atoms with van der Waals surface area (Å²) in [5, 5.41) is 9.75. The van der Waals surface area contributed by atoms with Crippen LogP contribution in [-0.4, -0.2) is 42.9 Å². The van der Waals surface area contributed by atoms with Gasteiger partial charge in [0.1, 0.15) is 5.82 Å². The summed E-state index contributed by atoms with van der Waals surface area (Å²) in [7, 11) is 0. The monoisotopic (exact) mass is 469 g/mol. The molecular weight excluding hydrogens is 445 g/mol. The Hall–Kier alpha value is -1.77. The van der Waals surface area contributed by atoms with Crippen LogP contribution in [-0.2, 0) is 4.79 Å². The second kappa shape index (κ2) is 11.3. The van der Waals surface area contributed by atoms with Gasteiger partial charge in [-0.05, 0) is 69.6 Å². The fourth-order valence-corrected chi connectivity index (χ4v) is 4.08. The number of benzene rings is 1. The van der Waals surface area contributed by atoms with E-state index < -0.39 is 11.7 Å². The third-order valence-electron chi connectivity index (χ3n) is 4.48. The van der Waals surface area contributed by atoms with Gasteiger partial charge in [0, 0.05) is 24.0 Å². The van der Waals surface area contributed by atoms with Crippen molar-refractivity contribution in [3.8, 4) is 0 Å². The first kappa shape index (κ1) is 22.5. The molecule has 0 aliphatic rings. The first-order valence-corrected chi connectivity index (χ1v) is 11.0. The number of halogens is 2. The largest absolute Gasteiger partial charge is 0.354 e. The maximum absolute atomic E-state index is 13.3. The van der Waals surface area contributed by atoms with Crippen LogP contribution in [0.5, 0.6) is 0 Å². The van der Waals surface area contributed by atoms with Crippen molar-refractivity contribution in [1.29, 1.82) is 0 Å². The highest BCUT2D eigenvalue weighted by molar-refractivity contribution is 9.10. The molecule has 0 spiro atoms. The molecule has 1 unspecified atom stereocenters. The fourth-order valence-electron chi connectivity index (χ4n) is 2.94. The van der Waals surface area contributed by atoms with Gasteiger partial charge in [-0.2, -0.15) is 11.3 Å². The standard InChI is InChI=1S/C20H25BrFN3O2S/c1-3-25(4-2)18(14-8-10-28-13-14)12-24-19(26)7-9-23-20(27)16-11-15(22)5-6-17(16)21/h5-6,8,10-11,13,18H,3-4,7,9,12H2,1-2H3,(H,23,27)(H,24,26). The zero-order chi connectivity index (χ0) is 20.5. The highest BCUT2D eigenvalue weighted by Crippen LogP contribution is 2.22. The zero-order valence-corrected chi connectivity index (χ0v) is 18.4. The number of nitrogens with one attached hydrogen (secondary N) is 2. The molecule has 2 rings (SSSR count). The maximum Gasteiger partial charge on any atom is 0.252 e. The molecule has 2 aromatic rings. The summed E-state index contributed by atoms with van der Waals surface area (Å²) in [6.45, 7) is 6.69. The van der Waals surface area contributed by atoms with Crippen LogP contribution < -0.4 is 10.6 Å². The lowest BCUT2D eigenvalue weighted by molar-refractivity contribution is -0.121. The average molecular weight is 470 g/mol. The van der Waals surface area contributed by atoms with Crippen molar-refractivity contribution >= 4 is 39.1 Å². The first-order valence-electron chi connectivity index (χ1n) is 9.22. The molecule has 1 aromatic carbocycles. The SMILES string of the molecule is CCN(CC)C(CNC(=O)CCNC(=O)c1cc(F)ccc1Br)c1ccsc1. The van der Waals surface area contributed by atoms with E-state index >= 15 is 0 Å². The van der Waals surface area contributed by atoms with E-state index in [1.165, 1.54) is 17.7 Å². The summed E-state index contributed by atoms with van der Waals surface area (Å²) >= 11 is 4.87. The molecule has 0 aliphatic heterocycles. The van der Waals surface area contributed by atoms with Crippen molar-refractivity contribution in [3.05, 3.63) is 56.4 Å². The lowest BCUT2D eigenvalue weighted by Crippen LogP contribution is -2.39. The van der Waals surface area contributed by atoms with Crippen LogP contribution in [0, 0.1) is 5.82 Å². The number of amides is 2. The van der Waals surface area contributed by atoms with E-state index in [0.29, 0.717) is 11.0 Å². The van der Waals surface area contributed by atoms with E-state index in [1.54, 1.807) is 11.3 Å². The summed E-state index contributed by atoms with van der Waals surface area (Å²) in [4.78, 5) is 26.6. The Bertz CT molecular complexity index is 782. The minimum atomic E-state index is -0.484. The summed E-state index contributed by atoms with van der Waals surface area (Å²) in [5.74, 6) is -1.04. The summed E-state index contributed by atoms with van der Waals surface area (Å²) in [6.07, 6.45) is 0.160. The van der Waals surface area contributed by atoms with Gasteiger partial charge in [0.25, 0.3) is 5.91 Å². The van der Waals surface area contributed by atoms with Gasteiger partial charge in [-0.3, -0.25) is 14.5 Å². The van der Waals surface area contributed by atoms with Gasteiger partial charge in [-0.15, -0.1) is 0 Å². The minimum absolute atomic E-state index is 0.128. The molecule has 1 atom stereocenters. The molecule has 0 bridgehead atoms. The molecule has 0 saturated heterocycles. The Labute approximate surface area is 177 Å². The number of thiophene rings is 1. The lowest BCUT2D eigenvalue weighted by atomic mass is 10.1. The van der Waals surface area contributed by atoms with E-state index in [-0.39, 0.29) is 30.5 Å². The van der Waals surface area contributed by atoms with Crippen LogP contribution >= 0.6 is 27.3 Å². The number of hydrogen-bond acceptors (Lipinski definition) is 4. The summed E-state index contributed by atoms with van der Waals surface area (Å²) in [5.41, 5.74) is 1.40. The van der Waals surface area contributed by atoms with Gasteiger partial charge in [0.15, 0.2) is 0 Å². The number of rotatable bonds is 10. The van der Waals surface area contributed by atoms with Gasteiger partial charge < -0.3 is 10.6 Å². The van der Waals surface area contributed by atoms with Crippen molar-refractivity contribution in [3.63, 3.8) is 0 Å². The molecule has 152 valence electrons. The third-order valence-corrected chi connectivity index (χ3v) is 5.88. The summed E-state index contributed by atoms with van der Waals surface area (Å²) < 4.78 is 13.8. The Morgan fingerprint density at radius 1 is 1.21 bits per heavy atom. The lowest BCUT2D eigenvalue weighted by Gasteiger charge is -2.29.